The lowest BCUT2D eigenvalue weighted by molar-refractivity contribution is -0.140. The van der Waals surface area contributed by atoms with Crippen LogP contribution in [0.4, 0.5) is 5.69 Å². The predicted octanol–water partition coefficient (Wildman–Crippen LogP) is 6.06. The SMILES string of the molecule is CCCNC(=O)[C@@H](Cc1ccccc1)N(Cc1ccccc1C)C(=O)CN(c1ccccc1OCC)S(=O)(=O)c1ccc(C)cc1. The van der Waals surface area contributed by atoms with E-state index in [9.17, 15) is 18.0 Å². The number of sulfonamides is 1. The Labute approximate surface area is 273 Å². The van der Waals surface area contributed by atoms with Gasteiger partial charge in [-0.2, -0.15) is 0 Å². The Bertz CT molecular complexity index is 1710. The molecule has 1 atom stereocenters. The average molecular weight is 642 g/mol. The molecule has 0 aliphatic heterocycles. The van der Waals surface area contributed by atoms with Crippen LogP contribution in [0.3, 0.4) is 0 Å². The fourth-order valence-electron chi connectivity index (χ4n) is 5.18. The maximum absolute atomic E-state index is 14.7. The van der Waals surface area contributed by atoms with Crippen LogP contribution < -0.4 is 14.4 Å². The Kier molecular flexibility index (Phi) is 12.0. The van der Waals surface area contributed by atoms with Gasteiger partial charge in [-0.05, 0) is 68.1 Å². The first-order valence-corrected chi connectivity index (χ1v) is 17.1. The third-order valence-corrected chi connectivity index (χ3v) is 9.52. The lowest BCUT2D eigenvalue weighted by Crippen LogP contribution is -2.53. The molecule has 0 aromatic heterocycles. The number of rotatable bonds is 15. The van der Waals surface area contributed by atoms with E-state index in [1.165, 1.54) is 17.0 Å². The smallest absolute Gasteiger partial charge is 0.264 e. The van der Waals surface area contributed by atoms with E-state index in [0.29, 0.717) is 18.9 Å². The first kappa shape index (κ1) is 34.2. The largest absolute Gasteiger partial charge is 0.492 e. The van der Waals surface area contributed by atoms with Crippen molar-refractivity contribution in [2.24, 2.45) is 0 Å². The van der Waals surface area contributed by atoms with E-state index >= 15 is 0 Å². The molecule has 0 saturated carbocycles. The van der Waals surface area contributed by atoms with Gasteiger partial charge in [0, 0.05) is 19.5 Å². The molecular weight excluding hydrogens is 598 g/mol. The lowest BCUT2D eigenvalue weighted by atomic mass is 10.0. The van der Waals surface area contributed by atoms with Crippen LogP contribution in [0.15, 0.2) is 108 Å². The fraction of sp³-hybridized carbons (Fsp3) is 0.297. The minimum atomic E-state index is -4.24. The number of anilines is 1. The Morgan fingerprint density at radius 3 is 2.15 bits per heavy atom. The highest BCUT2D eigenvalue weighted by Gasteiger charge is 2.35. The number of nitrogens with zero attached hydrogens (tertiary/aromatic N) is 2. The molecule has 9 heteroatoms. The van der Waals surface area contributed by atoms with Crippen molar-refractivity contribution in [2.75, 3.05) is 24.0 Å². The van der Waals surface area contributed by atoms with Gasteiger partial charge in [-0.15, -0.1) is 0 Å². The summed E-state index contributed by atoms with van der Waals surface area (Å²) in [5, 5.41) is 2.98. The molecule has 0 aliphatic carbocycles. The van der Waals surface area contributed by atoms with Crippen LogP contribution in [0.2, 0.25) is 0 Å². The number of hydrogen-bond donors (Lipinski definition) is 1. The zero-order chi connectivity index (χ0) is 33.1. The number of hydrogen-bond acceptors (Lipinski definition) is 5. The second-order valence-electron chi connectivity index (χ2n) is 11.2. The summed E-state index contributed by atoms with van der Waals surface area (Å²) < 4.78 is 35.6. The first-order chi connectivity index (χ1) is 22.1. The van der Waals surface area contributed by atoms with E-state index in [2.05, 4.69) is 5.32 Å². The second-order valence-corrected chi connectivity index (χ2v) is 13.0. The number of carbonyl (C=O) groups is 2. The van der Waals surface area contributed by atoms with Gasteiger partial charge in [-0.25, -0.2) is 8.42 Å². The molecule has 0 heterocycles. The zero-order valence-corrected chi connectivity index (χ0v) is 27.8. The number of ether oxygens (including phenoxy) is 1. The van der Waals surface area contributed by atoms with Crippen molar-refractivity contribution < 1.29 is 22.7 Å². The molecule has 0 aliphatic rings. The van der Waals surface area contributed by atoms with Gasteiger partial charge in [0.2, 0.25) is 11.8 Å². The summed E-state index contributed by atoms with van der Waals surface area (Å²) in [7, 11) is -4.24. The average Bonchev–Trinajstić information content (AvgIpc) is 3.06. The van der Waals surface area contributed by atoms with Crippen molar-refractivity contribution in [2.45, 2.75) is 58.0 Å². The molecule has 0 saturated heterocycles. The molecule has 0 fully saturated rings. The maximum Gasteiger partial charge on any atom is 0.264 e. The van der Waals surface area contributed by atoms with E-state index in [1.807, 2.05) is 82.3 Å². The van der Waals surface area contributed by atoms with E-state index in [4.69, 9.17) is 4.74 Å². The molecule has 2 amide bonds. The van der Waals surface area contributed by atoms with Gasteiger partial charge in [-0.3, -0.25) is 13.9 Å². The van der Waals surface area contributed by atoms with Gasteiger partial charge >= 0.3 is 0 Å². The maximum atomic E-state index is 14.7. The fourth-order valence-corrected chi connectivity index (χ4v) is 6.61. The number of carbonyl (C=O) groups excluding carboxylic acids is 2. The van der Waals surface area contributed by atoms with Crippen LogP contribution in [0.25, 0.3) is 0 Å². The van der Waals surface area contributed by atoms with Crippen LogP contribution in [0.1, 0.15) is 42.5 Å². The molecule has 4 aromatic carbocycles. The number of amides is 2. The molecule has 0 bridgehead atoms. The van der Waals surface area contributed by atoms with Crippen molar-refractivity contribution in [3.63, 3.8) is 0 Å². The van der Waals surface area contributed by atoms with Crippen molar-refractivity contribution in [1.82, 2.24) is 10.2 Å². The Balaban J connectivity index is 1.84. The van der Waals surface area contributed by atoms with E-state index < -0.39 is 28.5 Å². The van der Waals surface area contributed by atoms with Gasteiger partial charge in [0.1, 0.15) is 18.3 Å². The standard InChI is InChI=1S/C37H43N3O5S/c1-5-24-38-37(42)34(25-30-15-8-7-9-16-30)39(26-31-17-11-10-14-29(31)4)36(41)27-40(33-18-12-13-19-35(33)45-6-2)46(43,44)32-22-20-28(3)21-23-32/h7-23,34H,5-6,24-27H2,1-4H3,(H,38,42)/t34-/m1/s1. The third kappa shape index (κ3) is 8.54. The van der Waals surface area contributed by atoms with Crippen molar-refractivity contribution in [3.8, 4) is 5.75 Å². The van der Waals surface area contributed by atoms with Gasteiger partial charge in [-0.1, -0.05) is 91.3 Å². The molecule has 242 valence electrons. The van der Waals surface area contributed by atoms with E-state index in [0.717, 1.165) is 33.0 Å². The third-order valence-electron chi connectivity index (χ3n) is 7.74. The van der Waals surface area contributed by atoms with Gasteiger partial charge in [0.15, 0.2) is 0 Å². The van der Waals surface area contributed by atoms with Gasteiger partial charge < -0.3 is 15.0 Å². The number of benzene rings is 4. The van der Waals surface area contributed by atoms with Crippen LogP contribution in [0.5, 0.6) is 5.75 Å². The molecule has 0 spiro atoms. The summed E-state index contributed by atoms with van der Waals surface area (Å²) in [6.07, 6.45) is 0.987. The quantitative estimate of drug-likeness (QED) is 0.170. The highest BCUT2D eigenvalue weighted by molar-refractivity contribution is 7.92. The number of aryl methyl sites for hydroxylation is 2. The lowest BCUT2D eigenvalue weighted by Gasteiger charge is -2.34. The summed E-state index contributed by atoms with van der Waals surface area (Å²) >= 11 is 0. The van der Waals surface area contributed by atoms with Gasteiger partial charge in [0.25, 0.3) is 10.0 Å². The van der Waals surface area contributed by atoms with Gasteiger partial charge in [0.05, 0.1) is 17.2 Å². The van der Waals surface area contributed by atoms with Crippen molar-refractivity contribution in [3.05, 3.63) is 125 Å². The van der Waals surface area contributed by atoms with Crippen molar-refractivity contribution >= 4 is 27.5 Å². The molecule has 4 rings (SSSR count). The summed E-state index contributed by atoms with van der Waals surface area (Å²) in [6.45, 7) is 7.94. The first-order valence-electron chi connectivity index (χ1n) is 15.6. The second kappa shape index (κ2) is 16.1. The topological polar surface area (TPSA) is 96.0 Å². The minimum Gasteiger partial charge on any atom is -0.492 e. The Hall–Kier alpha value is -4.63. The summed E-state index contributed by atoms with van der Waals surface area (Å²) in [6, 6.07) is 29.6. The zero-order valence-electron chi connectivity index (χ0n) is 27.0. The van der Waals surface area contributed by atoms with Crippen LogP contribution >= 0.6 is 0 Å². The predicted molar refractivity (Wildman–Crippen MR) is 182 cm³/mol. The Morgan fingerprint density at radius 1 is 0.826 bits per heavy atom. The molecule has 1 N–H and O–H groups in total. The van der Waals surface area contributed by atoms with Crippen LogP contribution in [-0.2, 0) is 32.6 Å². The summed E-state index contributed by atoms with van der Waals surface area (Å²) in [4.78, 5) is 30.0. The highest BCUT2D eigenvalue weighted by Crippen LogP contribution is 2.33. The molecule has 46 heavy (non-hydrogen) atoms. The normalized spacial score (nSPS) is 11.8. The highest BCUT2D eigenvalue weighted by atomic mass is 32.2. The summed E-state index contributed by atoms with van der Waals surface area (Å²) in [5.74, 6) is -0.478. The molecule has 0 unspecified atom stereocenters. The van der Waals surface area contributed by atoms with Crippen molar-refractivity contribution in [1.29, 1.82) is 0 Å². The molecule has 4 aromatic rings. The Morgan fingerprint density at radius 2 is 1.48 bits per heavy atom. The number of para-hydroxylation sites is 2. The summed E-state index contributed by atoms with van der Waals surface area (Å²) in [5.41, 5.74) is 3.85. The molecule has 0 radical (unpaired) electrons. The van der Waals surface area contributed by atoms with E-state index in [-0.39, 0.29) is 29.5 Å². The van der Waals surface area contributed by atoms with Crippen LogP contribution in [-0.4, -0.2) is 50.9 Å². The number of nitrogens with one attached hydrogen (secondary N) is 1. The molecule has 8 nitrogen and oxygen atoms in total. The molecular formula is C37H43N3O5S. The monoisotopic (exact) mass is 641 g/mol. The minimum absolute atomic E-state index is 0.0455. The van der Waals surface area contributed by atoms with Crippen LogP contribution in [0, 0.1) is 13.8 Å². The van der Waals surface area contributed by atoms with E-state index in [1.54, 1.807) is 36.4 Å².